The molecule has 0 aliphatic carbocycles. The fraction of sp³-hybridized carbons (Fsp3) is 0.188. The maximum Gasteiger partial charge on any atom is 0.238 e. The summed E-state index contributed by atoms with van der Waals surface area (Å²) >= 11 is 3.45. The van der Waals surface area contributed by atoms with E-state index < -0.39 is 0 Å². The highest BCUT2D eigenvalue weighted by Gasteiger charge is 2.14. The molecule has 2 nitrogen and oxygen atoms in total. The van der Waals surface area contributed by atoms with Crippen LogP contribution in [0.25, 0.3) is 0 Å². The molecule has 0 spiro atoms. The lowest BCUT2D eigenvalue weighted by Gasteiger charge is -2.10. The summed E-state index contributed by atoms with van der Waals surface area (Å²) in [5, 5.41) is 2.89. The van der Waals surface area contributed by atoms with Crippen LogP contribution in [0.4, 0.5) is 5.69 Å². The summed E-state index contributed by atoms with van der Waals surface area (Å²) in [6.07, 6.45) is 1.67. The predicted octanol–water partition coefficient (Wildman–Crippen LogP) is 4.02. The minimum atomic E-state index is -0.173. The monoisotopic (exact) mass is 317 g/mol. The third kappa shape index (κ3) is 4.52. The van der Waals surface area contributed by atoms with E-state index in [2.05, 4.69) is 33.4 Å². The Morgan fingerprint density at radius 1 is 1.00 bits per heavy atom. The molecule has 0 bridgehead atoms. The van der Waals surface area contributed by atoms with Crippen molar-refractivity contribution in [3.05, 3.63) is 66.2 Å². The number of rotatable bonds is 5. The Hall–Kier alpha value is -1.61. The van der Waals surface area contributed by atoms with Gasteiger partial charge in [0.1, 0.15) is 0 Å². The summed E-state index contributed by atoms with van der Waals surface area (Å²) in [5.41, 5.74) is 2.08. The molecule has 0 heterocycles. The van der Waals surface area contributed by atoms with Gasteiger partial charge in [0, 0.05) is 5.69 Å². The van der Waals surface area contributed by atoms with Gasteiger partial charge in [0.25, 0.3) is 0 Å². The van der Waals surface area contributed by atoms with Crippen LogP contribution in [-0.4, -0.2) is 10.7 Å². The summed E-state index contributed by atoms with van der Waals surface area (Å²) in [7, 11) is 0. The molecule has 1 atom stereocenters. The van der Waals surface area contributed by atoms with E-state index in [4.69, 9.17) is 0 Å². The maximum atomic E-state index is 12.0. The van der Waals surface area contributed by atoms with Gasteiger partial charge in [0.2, 0.25) is 5.91 Å². The van der Waals surface area contributed by atoms with E-state index >= 15 is 0 Å². The van der Waals surface area contributed by atoms with Crippen molar-refractivity contribution in [1.82, 2.24) is 0 Å². The number of halogens is 1. The van der Waals surface area contributed by atoms with Crippen LogP contribution < -0.4 is 5.32 Å². The normalized spacial score (nSPS) is 11.8. The number of aryl methyl sites for hydroxylation is 1. The van der Waals surface area contributed by atoms with Gasteiger partial charge >= 0.3 is 0 Å². The molecule has 0 aliphatic rings. The molecule has 2 aromatic rings. The van der Waals surface area contributed by atoms with Crippen LogP contribution in [0.2, 0.25) is 0 Å². The second-order valence-corrected chi connectivity index (χ2v) is 5.45. The minimum Gasteiger partial charge on any atom is -0.325 e. The topological polar surface area (TPSA) is 29.1 Å². The number of para-hydroxylation sites is 1. The van der Waals surface area contributed by atoms with Crippen LogP contribution in [-0.2, 0) is 11.2 Å². The van der Waals surface area contributed by atoms with Gasteiger partial charge in [-0.05, 0) is 30.5 Å². The molecule has 98 valence electrons. The van der Waals surface area contributed by atoms with E-state index in [1.807, 2.05) is 48.5 Å². The number of carbonyl (C=O) groups excluding carboxylic acids is 1. The fourth-order valence-corrected chi connectivity index (χ4v) is 2.15. The number of carbonyl (C=O) groups is 1. The fourth-order valence-electron chi connectivity index (χ4n) is 1.81. The summed E-state index contributed by atoms with van der Waals surface area (Å²) in [4.78, 5) is 11.8. The maximum absolute atomic E-state index is 12.0. The molecule has 1 amide bonds. The van der Waals surface area contributed by atoms with Gasteiger partial charge in [0.15, 0.2) is 0 Å². The first kappa shape index (κ1) is 13.8. The van der Waals surface area contributed by atoms with Crippen molar-refractivity contribution in [3.63, 3.8) is 0 Å². The standard InChI is InChI=1S/C16H16BrNO/c17-15(12-11-13-7-3-1-4-8-13)16(19)18-14-9-5-2-6-10-14/h1-10,15H,11-12H2,(H,18,19). The molecule has 2 aromatic carbocycles. The van der Waals surface area contributed by atoms with Crippen molar-refractivity contribution in [2.75, 3.05) is 5.32 Å². The number of hydrogen-bond donors (Lipinski definition) is 1. The van der Waals surface area contributed by atoms with Gasteiger partial charge in [-0.15, -0.1) is 0 Å². The Morgan fingerprint density at radius 2 is 1.58 bits per heavy atom. The van der Waals surface area contributed by atoms with Gasteiger partial charge in [-0.25, -0.2) is 0 Å². The molecular weight excluding hydrogens is 302 g/mol. The molecule has 0 saturated heterocycles. The van der Waals surface area contributed by atoms with Crippen molar-refractivity contribution < 1.29 is 4.79 Å². The molecule has 0 saturated carbocycles. The molecule has 0 radical (unpaired) electrons. The molecule has 1 unspecified atom stereocenters. The predicted molar refractivity (Wildman–Crippen MR) is 82.5 cm³/mol. The highest BCUT2D eigenvalue weighted by molar-refractivity contribution is 9.10. The lowest BCUT2D eigenvalue weighted by Crippen LogP contribution is -2.23. The molecule has 3 heteroatoms. The first-order chi connectivity index (χ1) is 9.25. The Labute approximate surface area is 122 Å². The van der Waals surface area contributed by atoms with Gasteiger partial charge in [0.05, 0.1) is 4.83 Å². The first-order valence-corrected chi connectivity index (χ1v) is 7.21. The van der Waals surface area contributed by atoms with E-state index in [1.54, 1.807) is 0 Å². The molecule has 2 rings (SSSR count). The van der Waals surface area contributed by atoms with Gasteiger partial charge in [-0.3, -0.25) is 4.79 Å². The molecular formula is C16H16BrNO. The van der Waals surface area contributed by atoms with Crippen molar-refractivity contribution in [2.24, 2.45) is 0 Å². The van der Waals surface area contributed by atoms with E-state index in [9.17, 15) is 4.79 Å². The van der Waals surface area contributed by atoms with Crippen molar-refractivity contribution >= 4 is 27.5 Å². The van der Waals surface area contributed by atoms with E-state index in [0.29, 0.717) is 0 Å². The van der Waals surface area contributed by atoms with Gasteiger partial charge < -0.3 is 5.32 Å². The molecule has 0 aromatic heterocycles. The number of nitrogens with one attached hydrogen (secondary N) is 1. The van der Waals surface area contributed by atoms with Gasteiger partial charge in [-0.2, -0.15) is 0 Å². The Balaban J connectivity index is 1.83. The summed E-state index contributed by atoms with van der Waals surface area (Å²) in [6.45, 7) is 0. The summed E-state index contributed by atoms with van der Waals surface area (Å²) in [5.74, 6) is 0.00197. The Kier molecular flexibility index (Phi) is 5.16. The third-order valence-corrected chi connectivity index (χ3v) is 3.73. The third-order valence-electron chi connectivity index (χ3n) is 2.86. The highest BCUT2D eigenvalue weighted by atomic mass is 79.9. The zero-order valence-electron chi connectivity index (χ0n) is 10.6. The first-order valence-electron chi connectivity index (χ1n) is 6.29. The lowest BCUT2D eigenvalue weighted by atomic mass is 10.1. The van der Waals surface area contributed by atoms with Crippen LogP contribution >= 0.6 is 15.9 Å². The number of amides is 1. The second kappa shape index (κ2) is 7.10. The summed E-state index contributed by atoms with van der Waals surface area (Å²) in [6, 6.07) is 19.7. The minimum absolute atomic E-state index is 0.00197. The number of alkyl halides is 1. The quantitative estimate of drug-likeness (QED) is 0.829. The van der Waals surface area contributed by atoms with Crippen molar-refractivity contribution in [1.29, 1.82) is 0 Å². The summed E-state index contributed by atoms with van der Waals surface area (Å²) < 4.78 is 0. The van der Waals surface area contributed by atoms with Gasteiger partial charge in [-0.1, -0.05) is 64.5 Å². The second-order valence-electron chi connectivity index (χ2n) is 4.35. The van der Waals surface area contributed by atoms with Crippen molar-refractivity contribution in [3.8, 4) is 0 Å². The number of benzene rings is 2. The highest BCUT2D eigenvalue weighted by Crippen LogP contribution is 2.14. The zero-order valence-corrected chi connectivity index (χ0v) is 12.1. The van der Waals surface area contributed by atoms with E-state index in [1.165, 1.54) is 5.56 Å². The van der Waals surface area contributed by atoms with Crippen LogP contribution in [0.15, 0.2) is 60.7 Å². The molecule has 19 heavy (non-hydrogen) atoms. The average molecular weight is 318 g/mol. The molecule has 1 N–H and O–H groups in total. The van der Waals surface area contributed by atoms with Crippen molar-refractivity contribution in [2.45, 2.75) is 17.7 Å². The Morgan fingerprint density at radius 3 is 2.21 bits per heavy atom. The van der Waals surface area contributed by atoms with Crippen LogP contribution in [0.1, 0.15) is 12.0 Å². The number of anilines is 1. The largest absolute Gasteiger partial charge is 0.325 e. The van der Waals surface area contributed by atoms with E-state index in [0.717, 1.165) is 18.5 Å². The average Bonchev–Trinajstić information content (AvgIpc) is 2.47. The van der Waals surface area contributed by atoms with Crippen LogP contribution in [0.3, 0.4) is 0 Å². The SMILES string of the molecule is O=C(Nc1ccccc1)C(Br)CCc1ccccc1. The van der Waals surface area contributed by atoms with Crippen LogP contribution in [0.5, 0.6) is 0 Å². The Bertz CT molecular complexity index is 513. The van der Waals surface area contributed by atoms with Crippen LogP contribution in [0, 0.1) is 0 Å². The lowest BCUT2D eigenvalue weighted by molar-refractivity contribution is -0.115. The zero-order chi connectivity index (χ0) is 13.5. The van der Waals surface area contributed by atoms with E-state index in [-0.39, 0.29) is 10.7 Å². The smallest absolute Gasteiger partial charge is 0.238 e. The molecule has 0 aliphatic heterocycles. The number of hydrogen-bond acceptors (Lipinski definition) is 1. The molecule has 0 fully saturated rings.